The number of anilines is 2. The summed E-state index contributed by atoms with van der Waals surface area (Å²) in [7, 11) is 1.90. The summed E-state index contributed by atoms with van der Waals surface area (Å²) in [5.41, 5.74) is 3.14. The van der Waals surface area contributed by atoms with Crippen molar-refractivity contribution in [3.05, 3.63) is 71.8 Å². The third kappa shape index (κ3) is 5.51. The topological polar surface area (TPSA) is 85.4 Å². The highest BCUT2D eigenvalue weighted by Gasteiger charge is 2.29. The number of hydrogen-bond acceptors (Lipinski definition) is 6. The lowest BCUT2D eigenvalue weighted by atomic mass is 10.1. The molecule has 0 bridgehead atoms. The number of aryl methyl sites for hydroxylation is 2. The Morgan fingerprint density at radius 1 is 0.771 bits per heavy atom. The number of likely N-dealkylation sites (N-methyl/N-ethyl adjacent to an activating group) is 1. The number of nitrogens with zero attached hydrogens (tertiary/aromatic N) is 2. The highest BCUT2D eigenvalue weighted by molar-refractivity contribution is 7.92. The standard InChI is InChI=1S/C26H30N2O6S/c1-18-7-8-21(15-19(18)2)27(3)26(29)17-28(20-9-11-22(32-4)12-10-20)35(30,31)23-13-14-24(33-5)25(16-23)34-6/h7-16H,17H2,1-6H3. The van der Waals surface area contributed by atoms with Crippen LogP contribution in [0.3, 0.4) is 0 Å². The molecular formula is C26H30N2O6S. The van der Waals surface area contributed by atoms with Crippen molar-refractivity contribution in [2.75, 3.05) is 44.1 Å². The normalized spacial score (nSPS) is 11.0. The van der Waals surface area contributed by atoms with Crippen LogP contribution in [0.25, 0.3) is 0 Å². The van der Waals surface area contributed by atoms with Crippen LogP contribution in [-0.2, 0) is 14.8 Å². The van der Waals surface area contributed by atoms with Crippen LogP contribution in [0.5, 0.6) is 17.2 Å². The summed E-state index contributed by atoms with van der Waals surface area (Å²) in [6, 6.07) is 16.5. The Balaban J connectivity index is 2.03. The quantitative estimate of drug-likeness (QED) is 0.440. The van der Waals surface area contributed by atoms with E-state index in [0.29, 0.717) is 22.9 Å². The van der Waals surface area contributed by atoms with Gasteiger partial charge in [0.1, 0.15) is 12.3 Å². The Kier molecular flexibility index (Phi) is 7.91. The Morgan fingerprint density at radius 2 is 1.40 bits per heavy atom. The summed E-state index contributed by atoms with van der Waals surface area (Å²) < 4.78 is 44.3. The van der Waals surface area contributed by atoms with Gasteiger partial charge in [-0.05, 0) is 73.5 Å². The largest absolute Gasteiger partial charge is 0.497 e. The molecule has 0 N–H and O–H groups in total. The second-order valence-corrected chi connectivity index (χ2v) is 9.81. The molecule has 1 amide bonds. The number of carbonyl (C=O) groups is 1. The van der Waals surface area contributed by atoms with E-state index in [9.17, 15) is 13.2 Å². The van der Waals surface area contributed by atoms with Gasteiger partial charge < -0.3 is 19.1 Å². The highest BCUT2D eigenvalue weighted by atomic mass is 32.2. The fourth-order valence-electron chi connectivity index (χ4n) is 3.47. The van der Waals surface area contributed by atoms with Crippen LogP contribution < -0.4 is 23.4 Å². The highest BCUT2D eigenvalue weighted by Crippen LogP contribution is 2.33. The lowest BCUT2D eigenvalue weighted by Crippen LogP contribution is -2.41. The summed E-state index contributed by atoms with van der Waals surface area (Å²) in [5.74, 6) is 0.832. The summed E-state index contributed by atoms with van der Waals surface area (Å²) in [6.07, 6.45) is 0. The summed E-state index contributed by atoms with van der Waals surface area (Å²) >= 11 is 0. The van der Waals surface area contributed by atoms with Crippen LogP contribution in [0.1, 0.15) is 11.1 Å². The number of methoxy groups -OCH3 is 3. The van der Waals surface area contributed by atoms with Gasteiger partial charge >= 0.3 is 0 Å². The molecule has 0 heterocycles. The number of amides is 1. The predicted molar refractivity (Wildman–Crippen MR) is 136 cm³/mol. The third-order valence-electron chi connectivity index (χ3n) is 5.83. The number of rotatable bonds is 9. The van der Waals surface area contributed by atoms with Gasteiger partial charge in [0, 0.05) is 18.8 Å². The van der Waals surface area contributed by atoms with Gasteiger partial charge in [-0.15, -0.1) is 0 Å². The minimum atomic E-state index is -4.15. The second kappa shape index (κ2) is 10.7. The van der Waals surface area contributed by atoms with E-state index in [1.165, 1.54) is 44.4 Å². The van der Waals surface area contributed by atoms with Crippen molar-refractivity contribution in [2.45, 2.75) is 18.7 Å². The maximum Gasteiger partial charge on any atom is 0.264 e. The Morgan fingerprint density at radius 3 is 1.97 bits per heavy atom. The Hall–Kier alpha value is -3.72. The molecule has 35 heavy (non-hydrogen) atoms. The molecule has 0 spiro atoms. The van der Waals surface area contributed by atoms with Gasteiger partial charge in [-0.3, -0.25) is 9.10 Å². The first-order chi connectivity index (χ1) is 16.6. The van der Waals surface area contributed by atoms with E-state index in [1.807, 2.05) is 32.0 Å². The summed E-state index contributed by atoms with van der Waals surface area (Å²) in [4.78, 5) is 14.7. The molecule has 9 heteroatoms. The maximum atomic E-state index is 13.8. The van der Waals surface area contributed by atoms with E-state index in [0.717, 1.165) is 15.4 Å². The van der Waals surface area contributed by atoms with Gasteiger partial charge in [0.2, 0.25) is 5.91 Å². The number of ether oxygens (including phenoxy) is 3. The molecule has 0 aromatic heterocycles. The SMILES string of the molecule is COc1ccc(N(CC(=O)N(C)c2ccc(C)c(C)c2)S(=O)(=O)c2ccc(OC)c(OC)c2)cc1. The van der Waals surface area contributed by atoms with Crippen molar-refractivity contribution in [1.82, 2.24) is 0 Å². The first-order valence-electron chi connectivity index (χ1n) is 10.8. The summed E-state index contributed by atoms with van der Waals surface area (Å²) in [5, 5.41) is 0. The average Bonchev–Trinajstić information content (AvgIpc) is 2.87. The second-order valence-electron chi connectivity index (χ2n) is 7.95. The van der Waals surface area contributed by atoms with E-state index in [4.69, 9.17) is 14.2 Å². The number of benzene rings is 3. The zero-order valence-corrected chi connectivity index (χ0v) is 21.5. The molecule has 0 saturated carbocycles. The minimum Gasteiger partial charge on any atom is -0.497 e. The molecule has 0 aliphatic heterocycles. The molecule has 0 aliphatic carbocycles. The van der Waals surface area contributed by atoms with Crippen molar-refractivity contribution >= 4 is 27.3 Å². The van der Waals surface area contributed by atoms with Gasteiger partial charge in [-0.2, -0.15) is 0 Å². The maximum absolute atomic E-state index is 13.8. The number of sulfonamides is 1. The zero-order valence-electron chi connectivity index (χ0n) is 20.7. The molecule has 0 radical (unpaired) electrons. The molecule has 0 unspecified atom stereocenters. The van der Waals surface area contributed by atoms with Crippen LogP contribution >= 0.6 is 0 Å². The third-order valence-corrected chi connectivity index (χ3v) is 7.60. The van der Waals surface area contributed by atoms with Gasteiger partial charge in [-0.25, -0.2) is 8.42 Å². The predicted octanol–water partition coefficient (Wildman–Crippen LogP) is 4.19. The molecule has 3 rings (SSSR count). The van der Waals surface area contributed by atoms with Crippen molar-refractivity contribution in [2.24, 2.45) is 0 Å². The molecular weight excluding hydrogens is 468 g/mol. The molecule has 3 aromatic rings. The Bertz CT molecular complexity index is 1310. The zero-order chi connectivity index (χ0) is 25.8. The van der Waals surface area contributed by atoms with Crippen LogP contribution in [0, 0.1) is 13.8 Å². The fourth-order valence-corrected chi connectivity index (χ4v) is 4.91. The van der Waals surface area contributed by atoms with Crippen molar-refractivity contribution < 1.29 is 27.4 Å². The minimum absolute atomic E-state index is 0.0346. The first-order valence-corrected chi connectivity index (χ1v) is 12.3. The summed E-state index contributed by atoms with van der Waals surface area (Å²) in [6.45, 7) is 3.54. The van der Waals surface area contributed by atoms with Crippen LogP contribution in [0.2, 0.25) is 0 Å². The van der Waals surface area contributed by atoms with Gasteiger partial charge in [0.05, 0.1) is 31.9 Å². The first kappa shape index (κ1) is 25.9. The molecule has 0 saturated heterocycles. The molecule has 3 aromatic carbocycles. The number of carbonyl (C=O) groups excluding carboxylic acids is 1. The van der Waals surface area contributed by atoms with Crippen LogP contribution in [0.4, 0.5) is 11.4 Å². The van der Waals surface area contributed by atoms with E-state index < -0.39 is 22.5 Å². The molecule has 0 fully saturated rings. The molecule has 0 atom stereocenters. The Labute approximate surface area is 206 Å². The van der Waals surface area contributed by atoms with Crippen LogP contribution in [0.15, 0.2) is 65.6 Å². The average molecular weight is 499 g/mol. The van der Waals surface area contributed by atoms with Gasteiger partial charge in [-0.1, -0.05) is 6.07 Å². The monoisotopic (exact) mass is 498 g/mol. The molecule has 8 nitrogen and oxygen atoms in total. The van der Waals surface area contributed by atoms with Crippen molar-refractivity contribution in [1.29, 1.82) is 0 Å². The van der Waals surface area contributed by atoms with Gasteiger partial charge in [0.15, 0.2) is 11.5 Å². The van der Waals surface area contributed by atoms with Crippen molar-refractivity contribution in [3.63, 3.8) is 0 Å². The van der Waals surface area contributed by atoms with Crippen molar-refractivity contribution in [3.8, 4) is 17.2 Å². The lowest BCUT2D eigenvalue weighted by molar-refractivity contribution is -0.116. The van der Waals surface area contributed by atoms with E-state index >= 15 is 0 Å². The molecule has 186 valence electrons. The molecule has 0 aliphatic rings. The number of hydrogen-bond donors (Lipinski definition) is 0. The fraction of sp³-hybridized carbons (Fsp3) is 0.269. The smallest absolute Gasteiger partial charge is 0.264 e. The lowest BCUT2D eigenvalue weighted by Gasteiger charge is -2.27. The van der Waals surface area contributed by atoms with E-state index in [-0.39, 0.29) is 10.6 Å². The van der Waals surface area contributed by atoms with E-state index in [1.54, 1.807) is 31.3 Å². The van der Waals surface area contributed by atoms with Gasteiger partial charge in [0.25, 0.3) is 10.0 Å². The van der Waals surface area contributed by atoms with Crippen LogP contribution in [-0.4, -0.2) is 49.2 Å². The van der Waals surface area contributed by atoms with E-state index in [2.05, 4.69) is 0 Å².